The monoisotopic (exact) mass is 308 g/mol. The molecule has 0 saturated heterocycles. The van der Waals surface area contributed by atoms with Crippen LogP contribution >= 0.6 is 0 Å². The highest BCUT2D eigenvalue weighted by atomic mass is 32.2. The van der Waals surface area contributed by atoms with E-state index in [1.165, 1.54) is 0 Å². The van der Waals surface area contributed by atoms with Crippen LogP contribution in [0.2, 0.25) is 0 Å². The van der Waals surface area contributed by atoms with Crippen molar-refractivity contribution in [2.45, 2.75) is 25.3 Å². The normalized spacial score (nSPS) is 11.6. The van der Waals surface area contributed by atoms with E-state index in [2.05, 4.69) is 15.1 Å². The first-order chi connectivity index (χ1) is 9.92. The summed E-state index contributed by atoms with van der Waals surface area (Å²) in [4.78, 5) is 0.255. The first kappa shape index (κ1) is 15.5. The minimum atomic E-state index is -3.51. The van der Waals surface area contributed by atoms with Crippen LogP contribution in [-0.4, -0.2) is 24.7 Å². The third-order valence-electron chi connectivity index (χ3n) is 3.11. The number of nitrogens with one attached hydrogen (secondary N) is 2. The predicted octanol–water partition coefficient (Wildman–Crippen LogP) is 1.64. The number of rotatable bonds is 6. The van der Waals surface area contributed by atoms with Crippen LogP contribution in [0.3, 0.4) is 0 Å². The molecule has 0 aliphatic carbocycles. The smallest absolute Gasteiger partial charge is 0.240 e. The second-order valence-electron chi connectivity index (χ2n) is 4.79. The second kappa shape index (κ2) is 6.28. The van der Waals surface area contributed by atoms with Gasteiger partial charge in [0.25, 0.3) is 0 Å². The SMILES string of the molecule is CCNc1ccc(S(=O)(=O)NCc2cn(C)nc2C)cc1. The highest BCUT2D eigenvalue weighted by Gasteiger charge is 2.14. The van der Waals surface area contributed by atoms with Crippen molar-refractivity contribution in [2.24, 2.45) is 7.05 Å². The summed E-state index contributed by atoms with van der Waals surface area (Å²) in [5.41, 5.74) is 2.59. The van der Waals surface area contributed by atoms with E-state index in [1.54, 1.807) is 28.9 Å². The van der Waals surface area contributed by atoms with Crippen molar-refractivity contribution in [1.29, 1.82) is 0 Å². The molecule has 2 rings (SSSR count). The quantitative estimate of drug-likeness (QED) is 0.850. The van der Waals surface area contributed by atoms with Gasteiger partial charge in [0, 0.05) is 37.6 Å². The van der Waals surface area contributed by atoms with Gasteiger partial charge in [0.15, 0.2) is 0 Å². The molecule has 114 valence electrons. The first-order valence-corrected chi connectivity index (χ1v) is 8.23. The van der Waals surface area contributed by atoms with Gasteiger partial charge in [0.05, 0.1) is 10.6 Å². The molecule has 1 aromatic heterocycles. The van der Waals surface area contributed by atoms with Crippen LogP contribution in [0.15, 0.2) is 35.4 Å². The number of anilines is 1. The Kier molecular flexibility index (Phi) is 4.64. The molecule has 0 spiro atoms. The molecule has 0 amide bonds. The molecule has 0 radical (unpaired) electrons. The van der Waals surface area contributed by atoms with Gasteiger partial charge in [-0.25, -0.2) is 13.1 Å². The molecule has 6 nitrogen and oxygen atoms in total. The average Bonchev–Trinajstić information content (AvgIpc) is 2.76. The Hall–Kier alpha value is -1.86. The summed E-state index contributed by atoms with van der Waals surface area (Å²) in [6.45, 7) is 4.87. The molecular weight excluding hydrogens is 288 g/mol. The predicted molar refractivity (Wildman–Crippen MR) is 82.6 cm³/mol. The molecule has 1 aromatic carbocycles. The third-order valence-corrected chi connectivity index (χ3v) is 4.53. The molecule has 0 aliphatic heterocycles. The summed E-state index contributed by atoms with van der Waals surface area (Å²) < 4.78 is 28.7. The van der Waals surface area contributed by atoms with Gasteiger partial charge in [-0.3, -0.25) is 4.68 Å². The lowest BCUT2D eigenvalue weighted by Gasteiger charge is -2.08. The highest BCUT2D eigenvalue weighted by Crippen LogP contribution is 2.14. The van der Waals surface area contributed by atoms with Crippen molar-refractivity contribution in [1.82, 2.24) is 14.5 Å². The molecule has 0 unspecified atom stereocenters. The molecule has 0 fully saturated rings. The fourth-order valence-electron chi connectivity index (χ4n) is 2.03. The molecule has 2 aromatic rings. The molecular formula is C14H20N4O2S. The Morgan fingerprint density at radius 2 is 1.90 bits per heavy atom. The average molecular weight is 308 g/mol. The van der Waals surface area contributed by atoms with Crippen molar-refractivity contribution >= 4 is 15.7 Å². The van der Waals surface area contributed by atoms with Gasteiger partial charge in [0.2, 0.25) is 10.0 Å². The van der Waals surface area contributed by atoms with Crippen molar-refractivity contribution in [3.63, 3.8) is 0 Å². The van der Waals surface area contributed by atoms with Gasteiger partial charge in [-0.05, 0) is 38.1 Å². The van der Waals surface area contributed by atoms with Crippen LogP contribution in [0, 0.1) is 6.92 Å². The lowest BCUT2D eigenvalue weighted by Crippen LogP contribution is -2.23. The molecule has 0 saturated carbocycles. The topological polar surface area (TPSA) is 76.0 Å². The van der Waals surface area contributed by atoms with E-state index < -0.39 is 10.0 Å². The minimum absolute atomic E-state index is 0.233. The highest BCUT2D eigenvalue weighted by molar-refractivity contribution is 7.89. The van der Waals surface area contributed by atoms with Gasteiger partial charge in [-0.2, -0.15) is 5.10 Å². The maximum absolute atomic E-state index is 12.2. The van der Waals surface area contributed by atoms with E-state index in [-0.39, 0.29) is 11.4 Å². The van der Waals surface area contributed by atoms with Gasteiger partial charge in [-0.1, -0.05) is 0 Å². The number of hydrogen-bond acceptors (Lipinski definition) is 4. The fraction of sp³-hybridized carbons (Fsp3) is 0.357. The van der Waals surface area contributed by atoms with E-state index in [0.29, 0.717) is 0 Å². The first-order valence-electron chi connectivity index (χ1n) is 6.75. The Labute approximate surface area is 125 Å². The summed E-state index contributed by atoms with van der Waals surface area (Å²) in [5.74, 6) is 0. The van der Waals surface area contributed by atoms with E-state index in [4.69, 9.17) is 0 Å². The number of hydrogen-bond donors (Lipinski definition) is 2. The standard InChI is InChI=1S/C14H20N4O2S/c1-4-15-13-5-7-14(8-6-13)21(19,20)16-9-12-10-18(3)17-11(12)2/h5-8,10,15-16H,4,9H2,1-3H3. The summed E-state index contributed by atoms with van der Waals surface area (Å²) in [6, 6.07) is 6.70. The van der Waals surface area contributed by atoms with Crippen molar-refractivity contribution in [2.75, 3.05) is 11.9 Å². The van der Waals surface area contributed by atoms with Crippen LogP contribution in [0.4, 0.5) is 5.69 Å². The zero-order chi connectivity index (χ0) is 15.5. The molecule has 0 atom stereocenters. The van der Waals surface area contributed by atoms with Crippen LogP contribution in [-0.2, 0) is 23.6 Å². The van der Waals surface area contributed by atoms with Gasteiger partial charge < -0.3 is 5.32 Å². The number of benzene rings is 1. The summed E-state index contributed by atoms with van der Waals surface area (Å²) >= 11 is 0. The van der Waals surface area contributed by atoms with Gasteiger partial charge in [-0.15, -0.1) is 0 Å². The number of aryl methyl sites for hydroxylation is 2. The van der Waals surface area contributed by atoms with E-state index >= 15 is 0 Å². The summed E-state index contributed by atoms with van der Waals surface area (Å²) in [6.07, 6.45) is 1.81. The number of aromatic nitrogens is 2. The molecule has 7 heteroatoms. The van der Waals surface area contributed by atoms with Crippen LogP contribution in [0.25, 0.3) is 0 Å². The Bertz CT molecular complexity index is 705. The third kappa shape index (κ3) is 3.83. The largest absolute Gasteiger partial charge is 0.385 e. The molecule has 1 heterocycles. The summed E-state index contributed by atoms with van der Waals surface area (Å²) in [7, 11) is -1.70. The van der Waals surface area contributed by atoms with Crippen LogP contribution < -0.4 is 10.0 Å². The zero-order valence-corrected chi connectivity index (χ0v) is 13.2. The van der Waals surface area contributed by atoms with Crippen LogP contribution in [0.1, 0.15) is 18.2 Å². The number of sulfonamides is 1. The molecule has 2 N–H and O–H groups in total. The fourth-order valence-corrected chi connectivity index (χ4v) is 3.04. The minimum Gasteiger partial charge on any atom is -0.385 e. The maximum atomic E-state index is 12.2. The van der Waals surface area contributed by atoms with E-state index in [1.807, 2.05) is 27.1 Å². The Morgan fingerprint density at radius 3 is 2.43 bits per heavy atom. The Balaban J connectivity index is 2.09. The van der Waals surface area contributed by atoms with Gasteiger partial charge in [0.1, 0.15) is 0 Å². The van der Waals surface area contributed by atoms with E-state index in [0.717, 1.165) is 23.5 Å². The van der Waals surface area contributed by atoms with Crippen molar-refractivity contribution in [3.05, 3.63) is 41.7 Å². The zero-order valence-electron chi connectivity index (χ0n) is 12.4. The summed E-state index contributed by atoms with van der Waals surface area (Å²) in [5, 5.41) is 7.32. The van der Waals surface area contributed by atoms with Crippen molar-refractivity contribution in [3.8, 4) is 0 Å². The van der Waals surface area contributed by atoms with Crippen LogP contribution in [0.5, 0.6) is 0 Å². The molecule has 0 aliphatic rings. The molecule has 21 heavy (non-hydrogen) atoms. The second-order valence-corrected chi connectivity index (χ2v) is 6.56. The Morgan fingerprint density at radius 1 is 1.24 bits per heavy atom. The maximum Gasteiger partial charge on any atom is 0.240 e. The lowest BCUT2D eigenvalue weighted by molar-refractivity contribution is 0.581. The molecule has 0 bridgehead atoms. The van der Waals surface area contributed by atoms with Crippen molar-refractivity contribution < 1.29 is 8.42 Å². The lowest BCUT2D eigenvalue weighted by atomic mass is 10.3. The number of nitrogens with zero attached hydrogens (tertiary/aromatic N) is 2. The van der Waals surface area contributed by atoms with E-state index in [9.17, 15) is 8.42 Å². The van der Waals surface area contributed by atoms with Gasteiger partial charge >= 0.3 is 0 Å².